The number of hydrogen-bond acceptors (Lipinski definition) is 2. The summed E-state index contributed by atoms with van der Waals surface area (Å²) < 4.78 is 0. The normalized spacial score (nSPS) is 24.6. The van der Waals surface area contributed by atoms with Gasteiger partial charge in [0.05, 0.1) is 0 Å². The molecule has 3 aliphatic heterocycles. The first-order valence-electron chi connectivity index (χ1n) is 9.03. The Morgan fingerprint density at radius 2 is 1.92 bits per heavy atom. The highest BCUT2D eigenvalue weighted by Gasteiger charge is 2.37. The largest absolute Gasteiger partial charge is 0.350 e. The summed E-state index contributed by atoms with van der Waals surface area (Å²) in [6.45, 7) is 9.32. The van der Waals surface area contributed by atoms with Gasteiger partial charge in [-0.2, -0.15) is 0 Å². The third-order valence-electron chi connectivity index (χ3n) is 5.88. The molecule has 2 atom stereocenters. The fourth-order valence-corrected chi connectivity index (χ4v) is 4.71. The molecule has 128 valence electrons. The van der Waals surface area contributed by atoms with Gasteiger partial charge in [-0.05, 0) is 63.8 Å². The quantitative estimate of drug-likeness (QED) is 0.874. The maximum Gasteiger partial charge on any atom is 0.270 e. The number of nitrogens with one attached hydrogen (secondary N) is 1. The minimum atomic E-state index is 0.186. The standard InChI is InChI=1S/C20H27N3O/c1-12-7-13(2)18-17(8-12)14(3)19(21-18)20(24)23-10-15-5-6-16(23)11-22(4)9-15/h7-8,15-16,21H,5-6,9-11H2,1-4H3/t15-,16+/m0/s1. The summed E-state index contributed by atoms with van der Waals surface area (Å²) in [7, 11) is 2.18. The molecule has 4 heteroatoms. The smallest absolute Gasteiger partial charge is 0.270 e. The number of benzene rings is 1. The van der Waals surface area contributed by atoms with Crippen LogP contribution in [0.3, 0.4) is 0 Å². The van der Waals surface area contributed by atoms with Crippen molar-refractivity contribution in [3.05, 3.63) is 34.5 Å². The molecule has 0 saturated carbocycles. The van der Waals surface area contributed by atoms with Gasteiger partial charge in [-0.15, -0.1) is 0 Å². The van der Waals surface area contributed by atoms with Crippen molar-refractivity contribution >= 4 is 16.8 Å². The van der Waals surface area contributed by atoms with Crippen molar-refractivity contribution in [1.82, 2.24) is 14.8 Å². The first-order valence-corrected chi connectivity index (χ1v) is 9.03. The topological polar surface area (TPSA) is 39.3 Å². The van der Waals surface area contributed by atoms with Crippen LogP contribution in [0, 0.1) is 26.7 Å². The van der Waals surface area contributed by atoms with E-state index in [1.165, 1.54) is 22.9 Å². The summed E-state index contributed by atoms with van der Waals surface area (Å²) in [5.41, 5.74) is 5.45. The summed E-state index contributed by atoms with van der Waals surface area (Å²) in [5, 5.41) is 1.19. The van der Waals surface area contributed by atoms with E-state index < -0.39 is 0 Å². The molecular weight excluding hydrogens is 298 g/mol. The van der Waals surface area contributed by atoms with Crippen LogP contribution in [0.5, 0.6) is 0 Å². The van der Waals surface area contributed by atoms with Gasteiger partial charge in [0.15, 0.2) is 0 Å². The third kappa shape index (κ3) is 2.44. The molecule has 3 fully saturated rings. The molecular formula is C20H27N3O. The lowest BCUT2D eigenvalue weighted by atomic mass is 9.94. The molecule has 1 N–H and O–H groups in total. The number of amides is 1. The van der Waals surface area contributed by atoms with Gasteiger partial charge < -0.3 is 14.8 Å². The van der Waals surface area contributed by atoms with E-state index in [1.807, 2.05) is 0 Å². The zero-order chi connectivity index (χ0) is 17.0. The molecule has 5 rings (SSSR count). The molecule has 3 saturated heterocycles. The number of aromatic nitrogens is 1. The third-order valence-corrected chi connectivity index (χ3v) is 5.88. The molecule has 0 spiro atoms. The van der Waals surface area contributed by atoms with Crippen LogP contribution in [-0.4, -0.2) is 53.4 Å². The van der Waals surface area contributed by atoms with Crippen LogP contribution in [-0.2, 0) is 0 Å². The van der Waals surface area contributed by atoms with E-state index in [2.05, 4.69) is 54.7 Å². The minimum absolute atomic E-state index is 0.186. The van der Waals surface area contributed by atoms with E-state index in [9.17, 15) is 4.79 Å². The van der Waals surface area contributed by atoms with Gasteiger partial charge in [0.2, 0.25) is 0 Å². The van der Waals surface area contributed by atoms with Gasteiger partial charge in [-0.25, -0.2) is 0 Å². The summed E-state index contributed by atoms with van der Waals surface area (Å²) in [6, 6.07) is 4.72. The number of fused-ring (bicyclic) bond motifs is 5. The summed E-state index contributed by atoms with van der Waals surface area (Å²) in [6.07, 6.45) is 2.39. The number of carbonyl (C=O) groups excluding carboxylic acids is 1. The van der Waals surface area contributed by atoms with Crippen molar-refractivity contribution in [2.45, 2.75) is 39.7 Å². The Hall–Kier alpha value is -1.81. The van der Waals surface area contributed by atoms with Crippen molar-refractivity contribution in [3.63, 3.8) is 0 Å². The summed E-state index contributed by atoms with van der Waals surface area (Å²) in [5.74, 6) is 0.803. The molecule has 1 aromatic carbocycles. The fourth-order valence-electron chi connectivity index (χ4n) is 4.71. The number of aryl methyl sites for hydroxylation is 3. The number of nitrogens with zero attached hydrogens (tertiary/aromatic N) is 2. The zero-order valence-electron chi connectivity index (χ0n) is 15.1. The molecule has 4 nitrogen and oxygen atoms in total. The second kappa shape index (κ2) is 5.62. The van der Waals surface area contributed by atoms with Gasteiger partial charge in [-0.1, -0.05) is 11.6 Å². The lowest BCUT2D eigenvalue weighted by Gasteiger charge is -2.36. The average molecular weight is 325 g/mol. The number of rotatable bonds is 1. The Morgan fingerprint density at radius 1 is 1.12 bits per heavy atom. The highest BCUT2D eigenvalue weighted by atomic mass is 16.2. The highest BCUT2D eigenvalue weighted by molar-refractivity contribution is 6.02. The highest BCUT2D eigenvalue weighted by Crippen LogP contribution is 2.31. The summed E-state index contributed by atoms with van der Waals surface area (Å²) >= 11 is 0. The number of hydrogen-bond donors (Lipinski definition) is 1. The predicted octanol–water partition coefficient (Wildman–Crippen LogP) is 3.26. The van der Waals surface area contributed by atoms with Crippen molar-refractivity contribution in [1.29, 1.82) is 0 Å². The molecule has 3 aliphatic rings. The van der Waals surface area contributed by atoms with Gasteiger partial charge in [0.1, 0.15) is 5.69 Å². The van der Waals surface area contributed by atoms with E-state index in [-0.39, 0.29) is 5.91 Å². The van der Waals surface area contributed by atoms with Crippen LogP contribution in [0.15, 0.2) is 12.1 Å². The molecule has 2 bridgehead atoms. The molecule has 0 aliphatic carbocycles. The second-order valence-corrected chi connectivity index (χ2v) is 7.91. The number of likely N-dealkylation sites (N-methyl/N-ethyl adjacent to an activating group) is 1. The Balaban J connectivity index is 1.74. The second-order valence-electron chi connectivity index (χ2n) is 7.91. The molecule has 0 radical (unpaired) electrons. The summed E-state index contributed by atoms with van der Waals surface area (Å²) in [4.78, 5) is 21.3. The number of carbonyl (C=O) groups is 1. The van der Waals surface area contributed by atoms with Crippen LogP contribution in [0.2, 0.25) is 0 Å². The molecule has 0 unspecified atom stereocenters. The average Bonchev–Trinajstić information content (AvgIpc) is 2.67. The van der Waals surface area contributed by atoms with Gasteiger partial charge in [-0.3, -0.25) is 4.79 Å². The number of piperidine rings is 1. The molecule has 24 heavy (non-hydrogen) atoms. The monoisotopic (exact) mass is 325 g/mol. The molecule has 2 aromatic rings. The van der Waals surface area contributed by atoms with Crippen LogP contribution in [0.1, 0.15) is 40.0 Å². The molecule has 1 aromatic heterocycles. The molecule has 1 amide bonds. The van der Waals surface area contributed by atoms with Gasteiger partial charge in [0, 0.05) is 36.6 Å². The number of H-pyrrole nitrogens is 1. The Labute approximate surface area is 143 Å². The van der Waals surface area contributed by atoms with E-state index in [0.717, 1.165) is 42.8 Å². The Kier molecular flexibility index (Phi) is 3.68. The van der Waals surface area contributed by atoms with E-state index in [4.69, 9.17) is 0 Å². The van der Waals surface area contributed by atoms with Crippen molar-refractivity contribution in [2.75, 3.05) is 26.7 Å². The zero-order valence-corrected chi connectivity index (χ0v) is 15.1. The lowest BCUT2D eigenvalue weighted by Crippen LogP contribution is -2.47. The minimum Gasteiger partial charge on any atom is -0.350 e. The SMILES string of the molecule is Cc1cc(C)c2[nH]c(C(=O)N3C[C@H]4CC[C@@H]3CN(C)C4)c(C)c2c1. The van der Waals surface area contributed by atoms with Crippen molar-refractivity contribution in [2.24, 2.45) is 5.92 Å². The van der Waals surface area contributed by atoms with Gasteiger partial charge >= 0.3 is 0 Å². The van der Waals surface area contributed by atoms with E-state index in [1.54, 1.807) is 0 Å². The maximum absolute atomic E-state index is 13.3. The van der Waals surface area contributed by atoms with Crippen LogP contribution in [0.25, 0.3) is 10.9 Å². The lowest BCUT2D eigenvalue weighted by molar-refractivity contribution is 0.0581. The van der Waals surface area contributed by atoms with Gasteiger partial charge in [0.25, 0.3) is 5.91 Å². The molecule has 4 heterocycles. The first kappa shape index (κ1) is 15.7. The number of aromatic amines is 1. The van der Waals surface area contributed by atoms with Crippen molar-refractivity contribution < 1.29 is 4.79 Å². The first-order chi connectivity index (χ1) is 11.4. The fraction of sp³-hybridized carbons (Fsp3) is 0.550. The maximum atomic E-state index is 13.3. The van der Waals surface area contributed by atoms with E-state index >= 15 is 0 Å². The van der Waals surface area contributed by atoms with Crippen molar-refractivity contribution in [3.8, 4) is 0 Å². The van der Waals surface area contributed by atoms with Crippen LogP contribution < -0.4 is 0 Å². The Morgan fingerprint density at radius 3 is 2.71 bits per heavy atom. The van der Waals surface area contributed by atoms with Crippen LogP contribution >= 0.6 is 0 Å². The predicted molar refractivity (Wildman–Crippen MR) is 97.6 cm³/mol. The Bertz CT molecular complexity index is 807. The van der Waals surface area contributed by atoms with E-state index in [0.29, 0.717) is 12.0 Å². The van der Waals surface area contributed by atoms with Crippen LogP contribution in [0.4, 0.5) is 0 Å².